The molecule has 2 aliphatic heterocycles. The zero-order valence-electron chi connectivity index (χ0n) is 18.6. The highest BCUT2D eigenvalue weighted by molar-refractivity contribution is 6.07. The number of cyclic esters (lactones) is 1. The van der Waals surface area contributed by atoms with Crippen molar-refractivity contribution in [3.8, 4) is 16.9 Å². The van der Waals surface area contributed by atoms with Gasteiger partial charge in [0, 0.05) is 23.3 Å². The van der Waals surface area contributed by atoms with Crippen LogP contribution in [0.1, 0.15) is 39.9 Å². The molecule has 1 saturated heterocycles. The molecule has 1 atom stereocenters. The molecule has 0 bridgehead atoms. The fourth-order valence-corrected chi connectivity index (χ4v) is 4.92. The second kappa shape index (κ2) is 8.31. The summed E-state index contributed by atoms with van der Waals surface area (Å²) >= 11 is 0. The summed E-state index contributed by atoms with van der Waals surface area (Å²) < 4.78 is 22.3. The van der Waals surface area contributed by atoms with Gasteiger partial charge in [0.2, 0.25) is 0 Å². The van der Waals surface area contributed by atoms with Gasteiger partial charge in [-0.15, -0.1) is 0 Å². The Morgan fingerprint density at radius 2 is 2.03 bits per heavy atom. The van der Waals surface area contributed by atoms with Gasteiger partial charge < -0.3 is 23.7 Å². The zero-order chi connectivity index (χ0) is 23.1. The van der Waals surface area contributed by atoms with Crippen LogP contribution in [0.5, 0.6) is 5.75 Å². The molecule has 1 unspecified atom stereocenters. The van der Waals surface area contributed by atoms with Gasteiger partial charge in [0.25, 0.3) is 0 Å². The van der Waals surface area contributed by atoms with Crippen LogP contribution in [0.25, 0.3) is 21.9 Å². The van der Waals surface area contributed by atoms with Crippen molar-refractivity contribution in [3.63, 3.8) is 0 Å². The Kier molecular flexibility index (Phi) is 5.12. The standard InChI is InChI=1S/C28H24O6/c29-27-24-12-19-5-6-22(13-23(19)26(25(24)16-34-27)20-7-10-31-15-20)33-14-18-3-1-4-21(11-18)28(30)8-2-9-32-17-28/h1,3-7,10-13,15,30H,2,8-9,14,16-17H2. The first-order valence-corrected chi connectivity index (χ1v) is 11.4. The highest BCUT2D eigenvalue weighted by atomic mass is 16.5. The van der Waals surface area contributed by atoms with E-state index >= 15 is 0 Å². The first kappa shape index (κ1) is 21.0. The summed E-state index contributed by atoms with van der Waals surface area (Å²) in [5, 5.41) is 12.9. The quantitative estimate of drug-likeness (QED) is 0.408. The summed E-state index contributed by atoms with van der Waals surface area (Å²) in [6.45, 7) is 1.62. The first-order valence-electron chi connectivity index (χ1n) is 11.4. The summed E-state index contributed by atoms with van der Waals surface area (Å²) in [5.74, 6) is 0.416. The van der Waals surface area contributed by atoms with Gasteiger partial charge in [-0.2, -0.15) is 0 Å². The highest BCUT2D eigenvalue weighted by Crippen LogP contribution is 2.40. The molecule has 3 heterocycles. The molecular formula is C28H24O6. The van der Waals surface area contributed by atoms with E-state index in [0.29, 0.717) is 37.6 Å². The molecule has 6 nitrogen and oxygen atoms in total. The van der Waals surface area contributed by atoms with Crippen molar-refractivity contribution in [3.05, 3.63) is 89.4 Å². The van der Waals surface area contributed by atoms with E-state index in [2.05, 4.69) is 0 Å². The lowest BCUT2D eigenvalue weighted by atomic mass is 9.88. The average Bonchev–Trinajstić information content (AvgIpc) is 3.52. The summed E-state index contributed by atoms with van der Waals surface area (Å²) in [4.78, 5) is 12.2. The van der Waals surface area contributed by atoms with E-state index in [4.69, 9.17) is 18.6 Å². The highest BCUT2D eigenvalue weighted by Gasteiger charge is 2.32. The van der Waals surface area contributed by atoms with Gasteiger partial charge in [-0.05, 0) is 65.1 Å². The Labute approximate surface area is 196 Å². The van der Waals surface area contributed by atoms with Crippen molar-refractivity contribution in [1.29, 1.82) is 0 Å². The van der Waals surface area contributed by atoms with Crippen LogP contribution in [0.4, 0.5) is 0 Å². The normalized spacial score (nSPS) is 19.7. The van der Waals surface area contributed by atoms with Gasteiger partial charge in [0.15, 0.2) is 0 Å². The van der Waals surface area contributed by atoms with Crippen molar-refractivity contribution < 1.29 is 28.5 Å². The fraction of sp³-hybridized carbons (Fsp3) is 0.250. The van der Waals surface area contributed by atoms with Gasteiger partial charge in [0.05, 0.1) is 24.7 Å². The fourth-order valence-electron chi connectivity index (χ4n) is 4.92. The number of fused-ring (bicyclic) bond motifs is 2. The van der Waals surface area contributed by atoms with E-state index < -0.39 is 5.60 Å². The molecule has 0 saturated carbocycles. The Morgan fingerprint density at radius 3 is 2.85 bits per heavy atom. The molecule has 0 amide bonds. The van der Waals surface area contributed by atoms with E-state index in [1.807, 2.05) is 54.6 Å². The molecular weight excluding hydrogens is 432 g/mol. The lowest BCUT2D eigenvalue weighted by Gasteiger charge is -2.32. The lowest BCUT2D eigenvalue weighted by Crippen LogP contribution is -2.35. The van der Waals surface area contributed by atoms with Crippen LogP contribution in [0.2, 0.25) is 0 Å². The molecule has 1 N–H and O–H groups in total. The second-order valence-electron chi connectivity index (χ2n) is 8.93. The minimum Gasteiger partial charge on any atom is -0.489 e. The first-order chi connectivity index (χ1) is 16.6. The monoisotopic (exact) mass is 456 g/mol. The molecule has 6 rings (SSSR count). The van der Waals surface area contributed by atoms with E-state index in [9.17, 15) is 9.90 Å². The van der Waals surface area contributed by atoms with Gasteiger partial charge in [-0.1, -0.05) is 24.3 Å². The lowest BCUT2D eigenvalue weighted by molar-refractivity contribution is -0.0903. The number of carbonyl (C=O) groups excluding carboxylic acids is 1. The van der Waals surface area contributed by atoms with Crippen LogP contribution in [-0.4, -0.2) is 24.3 Å². The summed E-state index contributed by atoms with van der Waals surface area (Å²) in [6.07, 6.45) is 4.83. The van der Waals surface area contributed by atoms with E-state index in [-0.39, 0.29) is 12.6 Å². The molecule has 3 aromatic carbocycles. The Bertz CT molecular complexity index is 1370. The molecule has 0 aliphatic carbocycles. The maximum atomic E-state index is 12.2. The van der Waals surface area contributed by atoms with Crippen LogP contribution < -0.4 is 4.74 Å². The maximum absolute atomic E-state index is 12.2. The summed E-state index contributed by atoms with van der Waals surface area (Å²) in [5.41, 5.74) is 4.17. The molecule has 2 aliphatic rings. The van der Waals surface area contributed by atoms with Crippen molar-refractivity contribution >= 4 is 16.7 Å². The Morgan fingerprint density at radius 1 is 1.09 bits per heavy atom. The minimum absolute atomic E-state index is 0.245. The number of rotatable bonds is 5. The zero-order valence-corrected chi connectivity index (χ0v) is 18.6. The average molecular weight is 456 g/mol. The number of hydrogen-bond donors (Lipinski definition) is 1. The number of hydrogen-bond acceptors (Lipinski definition) is 6. The van der Waals surface area contributed by atoms with Crippen LogP contribution in [0.15, 0.2) is 71.5 Å². The summed E-state index contributed by atoms with van der Waals surface area (Å²) in [6, 6.07) is 17.5. The molecule has 0 spiro atoms. The van der Waals surface area contributed by atoms with Gasteiger partial charge in [0.1, 0.15) is 24.6 Å². The number of benzene rings is 3. The third-order valence-electron chi connectivity index (χ3n) is 6.69. The molecule has 0 radical (unpaired) electrons. The molecule has 1 fully saturated rings. The smallest absolute Gasteiger partial charge is 0.338 e. The van der Waals surface area contributed by atoms with Crippen LogP contribution in [-0.2, 0) is 28.3 Å². The summed E-state index contributed by atoms with van der Waals surface area (Å²) in [7, 11) is 0. The Hall–Kier alpha value is -3.61. The molecule has 34 heavy (non-hydrogen) atoms. The number of aliphatic hydroxyl groups is 1. The van der Waals surface area contributed by atoms with Crippen molar-refractivity contribution in [2.45, 2.75) is 31.7 Å². The maximum Gasteiger partial charge on any atom is 0.338 e. The van der Waals surface area contributed by atoms with Crippen molar-refractivity contribution in [1.82, 2.24) is 0 Å². The SMILES string of the molecule is O=C1OCc2c1cc1ccc(OCc3cccc(C4(O)CCCOC4)c3)cc1c2-c1ccoc1. The number of carbonyl (C=O) groups is 1. The minimum atomic E-state index is -0.948. The van der Waals surface area contributed by atoms with Gasteiger partial charge >= 0.3 is 5.97 Å². The number of furan rings is 1. The Balaban J connectivity index is 1.32. The van der Waals surface area contributed by atoms with E-state index in [0.717, 1.165) is 45.0 Å². The van der Waals surface area contributed by atoms with E-state index in [1.54, 1.807) is 12.5 Å². The van der Waals surface area contributed by atoms with Gasteiger partial charge in [-0.3, -0.25) is 0 Å². The van der Waals surface area contributed by atoms with Crippen LogP contribution >= 0.6 is 0 Å². The molecule has 6 heteroatoms. The second-order valence-corrected chi connectivity index (χ2v) is 8.93. The van der Waals surface area contributed by atoms with Gasteiger partial charge in [-0.25, -0.2) is 4.79 Å². The molecule has 4 aromatic rings. The number of esters is 1. The van der Waals surface area contributed by atoms with Crippen molar-refractivity contribution in [2.75, 3.05) is 13.2 Å². The van der Waals surface area contributed by atoms with Crippen LogP contribution in [0, 0.1) is 0 Å². The molecule has 1 aromatic heterocycles. The van der Waals surface area contributed by atoms with Crippen molar-refractivity contribution in [2.24, 2.45) is 0 Å². The predicted molar refractivity (Wildman–Crippen MR) is 125 cm³/mol. The predicted octanol–water partition coefficient (Wildman–Crippen LogP) is 5.35. The third-order valence-corrected chi connectivity index (χ3v) is 6.69. The largest absolute Gasteiger partial charge is 0.489 e. The van der Waals surface area contributed by atoms with Crippen LogP contribution in [0.3, 0.4) is 0 Å². The topological polar surface area (TPSA) is 78.1 Å². The third kappa shape index (κ3) is 3.65. The van der Waals surface area contributed by atoms with E-state index in [1.165, 1.54) is 0 Å². The molecule has 172 valence electrons. The number of ether oxygens (including phenoxy) is 3.